The van der Waals surface area contributed by atoms with Gasteiger partial charge < -0.3 is 20.5 Å². The molecule has 0 fully saturated rings. The molecule has 0 spiro atoms. The zero-order valence-corrected chi connectivity index (χ0v) is 11.2. The Bertz CT molecular complexity index is 432. The molecule has 1 unspecified atom stereocenters. The SMILES string of the molecule is CNC(CNc1ccc(OC)c(C)c1C)C(=O)O. The number of nitrogens with one attached hydrogen (secondary N) is 2. The van der Waals surface area contributed by atoms with E-state index in [-0.39, 0.29) is 0 Å². The van der Waals surface area contributed by atoms with E-state index in [9.17, 15) is 4.79 Å². The number of aliphatic carboxylic acids is 1. The van der Waals surface area contributed by atoms with Gasteiger partial charge in [-0.3, -0.25) is 4.79 Å². The summed E-state index contributed by atoms with van der Waals surface area (Å²) in [4.78, 5) is 10.9. The van der Waals surface area contributed by atoms with Crippen LogP contribution in [0.2, 0.25) is 0 Å². The lowest BCUT2D eigenvalue weighted by Gasteiger charge is -2.17. The number of hydrogen-bond donors (Lipinski definition) is 3. The van der Waals surface area contributed by atoms with Gasteiger partial charge in [-0.15, -0.1) is 0 Å². The third kappa shape index (κ3) is 3.13. The molecule has 0 aliphatic rings. The van der Waals surface area contributed by atoms with Gasteiger partial charge in [0.15, 0.2) is 0 Å². The molecular formula is C13H20N2O3. The molecule has 0 radical (unpaired) electrons. The fraction of sp³-hybridized carbons (Fsp3) is 0.462. The average molecular weight is 252 g/mol. The molecule has 100 valence electrons. The normalized spacial score (nSPS) is 12.0. The van der Waals surface area contributed by atoms with Gasteiger partial charge in [0, 0.05) is 12.2 Å². The standard InChI is InChI=1S/C13H20N2O3/c1-8-9(2)12(18-4)6-5-10(8)15-7-11(14-3)13(16)17/h5-6,11,14-15H,7H2,1-4H3,(H,16,17). The summed E-state index contributed by atoms with van der Waals surface area (Å²) in [7, 11) is 3.27. The number of carbonyl (C=O) groups is 1. The highest BCUT2D eigenvalue weighted by atomic mass is 16.5. The molecule has 1 atom stereocenters. The first kappa shape index (κ1) is 14.3. The van der Waals surface area contributed by atoms with Crippen molar-refractivity contribution >= 4 is 11.7 Å². The van der Waals surface area contributed by atoms with Crippen LogP contribution in [0.5, 0.6) is 5.75 Å². The van der Waals surface area contributed by atoms with E-state index < -0.39 is 12.0 Å². The highest BCUT2D eigenvalue weighted by molar-refractivity contribution is 5.74. The van der Waals surface area contributed by atoms with Crippen LogP contribution in [0.15, 0.2) is 12.1 Å². The first-order valence-corrected chi connectivity index (χ1v) is 5.79. The number of likely N-dealkylation sites (N-methyl/N-ethyl adjacent to an activating group) is 1. The molecule has 0 aliphatic heterocycles. The lowest BCUT2D eigenvalue weighted by atomic mass is 10.1. The molecular weight excluding hydrogens is 232 g/mol. The molecule has 0 bridgehead atoms. The van der Waals surface area contributed by atoms with E-state index in [1.54, 1.807) is 14.2 Å². The smallest absolute Gasteiger partial charge is 0.322 e. The first-order chi connectivity index (χ1) is 8.51. The third-order valence-electron chi connectivity index (χ3n) is 3.10. The summed E-state index contributed by atoms with van der Waals surface area (Å²) >= 11 is 0. The van der Waals surface area contributed by atoms with Crippen LogP contribution in [-0.4, -0.2) is 37.8 Å². The molecule has 0 aliphatic carbocycles. The van der Waals surface area contributed by atoms with Crippen molar-refractivity contribution in [2.75, 3.05) is 26.0 Å². The maximum atomic E-state index is 10.9. The number of ether oxygens (including phenoxy) is 1. The van der Waals surface area contributed by atoms with E-state index in [2.05, 4.69) is 10.6 Å². The van der Waals surface area contributed by atoms with Crippen molar-refractivity contribution in [1.82, 2.24) is 5.32 Å². The number of rotatable bonds is 6. The Hall–Kier alpha value is -1.75. The zero-order valence-electron chi connectivity index (χ0n) is 11.2. The van der Waals surface area contributed by atoms with Gasteiger partial charge in [0.2, 0.25) is 0 Å². The molecule has 3 N–H and O–H groups in total. The second kappa shape index (κ2) is 6.26. The summed E-state index contributed by atoms with van der Waals surface area (Å²) in [6, 6.07) is 3.17. The molecule has 5 heteroatoms. The van der Waals surface area contributed by atoms with E-state index in [0.29, 0.717) is 6.54 Å². The minimum absolute atomic E-state index is 0.332. The average Bonchev–Trinajstić information content (AvgIpc) is 2.34. The van der Waals surface area contributed by atoms with E-state index in [4.69, 9.17) is 9.84 Å². The lowest BCUT2D eigenvalue weighted by molar-refractivity contribution is -0.138. The van der Waals surface area contributed by atoms with Crippen LogP contribution in [0.25, 0.3) is 0 Å². The van der Waals surface area contributed by atoms with Gasteiger partial charge in [-0.1, -0.05) is 0 Å². The van der Waals surface area contributed by atoms with Gasteiger partial charge in [-0.2, -0.15) is 0 Å². The maximum absolute atomic E-state index is 10.9. The van der Waals surface area contributed by atoms with Gasteiger partial charge in [-0.25, -0.2) is 0 Å². The molecule has 1 aromatic rings. The van der Waals surface area contributed by atoms with Gasteiger partial charge in [0.05, 0.1) is 7.11 Å². The Labute approximate surface area is 107 Å². The Kier molecular flexibility index (Phi) is 4.97. The number of methoxy groups -OCH3 is 1. The predicted molar refractivity (Wildman–Crippen MR) is 71.4 cm³/mol. The van der Waals surface area contributed by atoms with Crippen LogP contribution < -0.4 is 15.4 Å². The number of carboxylic acids is 1. The lowest BCUT2D eigenvalue weighted by Crippen LogP contribution is -2.39. The van der Waals surface area contributed by atoms with Crippen molar-refractivity contribution < 1.29 is 14.6 Å². The van der Waals surface area contributed by atoms with Crippen LogP contribution in [0, 0.1) is 13.8 Å². The summed E-state index contributed by atoms with van der Waals surface area (Å²) in [5, 5.41) is 14.8. The third-order valence-corrected chi connectivity index (χ3v) is 3.10. The first-order valence-electron chi connectivity index (χ1n) is 5.79. The van der Waals surface area contributed by atoms with E-state index in [1.807, 2.05) is 26.0 Å². The fourth-order valence-corrected chi connectivity index (χ4v) is 1.73. The van der Waals surface area contributed by atoms with E-state index in [0.717, 1.165) is 22.6 Å². The van der Waals surface area contributed by atoms with E-state index in [1.165, 1.54) is 0 Å². The van der Waals surface area contributed by atoms with Crippen LogP contribution in [-0.2, 0) is 4.79 Å². The fourth-order valence-electron chi connectivity index (χ4n) is 1.73. The quantitative estimate of drug-likeness (QED) is 0.714. The molecule has 1 aromatic carbocycles. The second-order valence-electron chi connectivity index (χ2n) is 4.13. The Balaban J connectivity index is 2.80. The molecule has 0 saturated carbocycles. The summed E-state index contributed by atoms with van der Waals surface area (Å²) < 4.78 is 5.23. The predicted octanol–water partition coefficient (Wildman–Crippen LogP) is 1.40. The molecule has 0 saturated heterocycles. The highest BCUT2D eigenvalue weighted by Crippen LogP contribution is 2.27. The molecule has 5 nitrogen and oxygen atoms in total. The van der Waals surface area contributed by atoms with Gasteiger partial charge >= 0.3 is 5.97 Å². The highest BCUT2D eigenvalue weighted by Gasteiger charge is 2.15. The number of anilines is 1. The van der Waals surface area contributed by atoms with Gasteiger partial charge in [0.25, 0.3) is 0 Å². The molecule has 0 heterocycles. The molecule has 1 rings (SSSR count). The van der Waals surface area contributed by atoms with Crippen molar-refractivity contribution in [3.63, 3.8) is 0 Å². The van der Waals surface area contributed by atoms with Crippen LogP contribution in [0.3, 0.4) is 0 Å². The van der Waals surface area contributed by atoms with Crippen molar-refractivity contribution in [3.05, 3.63) is 23.3 Å². The zero-order chi connectivity index (χ0) is 13.7. The Morgan fingerprint density at radius 2 is 2.06 bits per heavy atom. The summed E-state index contributed by atoms with van der Waals surface area (Å²) in [5.41, 5.74) is 3.04. The van der Waals surface area contributed by atoms with Gasteiger partial charge in [0.1, 0.15) is 11.8 Å². The van der Waals surface area contributed by atoms with Crippen LogP contribution >= 0.6 is 0 Å². The van der Waals surface area contributed by atoms with Crippen LogP contribution in [0.4, 0.5) is 5.69 Å². The summed E-state index contributed by atoms with van der Waals surface area (Å²) in [6.07, 6.45) is 0. The van der Waals surface area contributed by atoms with E-state index >= 15 is 0 Å². The van der Waals surface area contributed by atoms with Gasteiger partial charge in [-0.05, 0) is 44.2 Å². The van der Waals surface area contributed by atoms with Crippen molar-refractivity contribution in [3.8, 4) is 5.75 Å². The van der Waals surface area contributed by atoms with Crippen LogP contribution in [0.1, 0.15) is 11.1 Å². The summed E-state index contributed by atoms with van der Waals surface area (Å²) in [6.45, 7) is 4.29. The minimum atomic E-state index is -0.868. The number of hydrogen-bond acceptors (Lipinski definition) is 4. The largest absolute Gasteiger partial charge is 0.496 e. The molecule has 18 heavy (non-hydrogen) atoms. The van der Waals surface area contributed by atoms with Crippen molar-refractivity contribution in [1.29, 1.82) is 0 Å². The topological polar surface area (TPSA) is 70.6 Å². The molecule has 0 amide bonds. The molecule has 0 aromatic heterocycles. The Morgan fingerprint density at radius 3 is 2.56 bits per heavy atom. The number of benzene rings is 1. The Morgan fingerprint density at radius 1 is 1.39 bits per heavy atom. The maximum Gasteiger partial charge on any atom is 0.322 e. The number of carboxylic acid groups (broad SMARTS) is 1. The summed E-state index contributed by atoms with van der Waals surface area (Å²) in [5.74, 6) is -0.0330. The second-order valence-corrected chi connectivity index (χ2v) is 4.13. The monoisotopic (exact) mass is 252 g/mol. The van der Waals surface area contributed by atoms with Crippen molar-refractivity contribution in [2.24, 2.45) is 0 Å². The van der Waals surface area contributed by atoms with Crippen molar-refractivity contribution in [2.45, 2.75) is 19.9 Å². The minimum Gasteiger partial charge on any atom is -0.496 e.